The summed E-state index contributed by atoms with van der Waals surface area (Å²) in [5.41, 5.74) is -0.427. The second-order valence-corrected chi connectivity index (χ2v) is 5.38. The van der Waals surface area contributed by atoms with E-state index in [-0.39, 0.29) is 25.0 Å². The van der Waals surface area contributed by atoms with Gasteiger partial charge in [-0.3, -0.25) is 4.79 Å². The molecule has 104 valence electrons. The lowest BCUT2D eigenvalue weighted by Crippen LogP contribution is -2.41. The SMILES string of the molecule is C[C@@](O)(CC(=O)N1CCC[C@H]1CO)c1ccccc1. The molecule has 1 heterocycles. The monoisotopic (exact) mass is 263 g/mol. The first-order valence-corrected chi connectivity index (χ1v) is 6.73. The average Bonchev–Trinajstić information content (AvgIpc) is 2.87. The molecule has 0 spiro atoms. The van der Waals surface area contributed by atoms with Crippen molar-refractivity contribution in [1.82, 2.24) is 4.90 Å². The van der Waals surface area contributed by atoms with E-state index in [4.69, 9.17) is 0 Å². The summed E-state index contributed by atoms with van der Waals surface area (Å²) in [6, 6.07) is 9.13. The Morgan fingerprint density at radius 2 is 2.11 bits per heavy atom. The second-order valence-electron chi connectivity index (χ2n) is 5.38. The Morgan fingerprint density at radius 1 is 1.42 bits per heavy atom. The topological polar surface area (TPSA) is 60.8 Å². The van der Waals surface area contributed by atoms with Crippen LogP contribution in [0, 0.1) is 0 Å². The van der Waals surface area contributed by atoms with Gasteiger partial charge in [-0.15, -0.1) is 0 Å². The highest BCUT2D eigenvalue weighted by molar-refractivity contribution is 5.78. The van der Waals surface area contributed by atoms with Crippen molar-refractivity contribution >= 4 is 5.91 Å². The zero-order valence-corrected chi connectivity index (χ0v) is 11.2. The Kier molecular flexibility index (Phi) is 4.22. The molecule has 0 bridgehead atoms. The fourth-order valence-electron chi connectivity index (χ4n) is 2.65. The molecular weight excluding hydrogens is 242 g/mol. The van der Waals surface area contributed by atoms with Crippen molar-refractivity contribution in [3.63, 3.8) is 0 Å². The summed E-state index contributed by atoms with van der Waals surface area (Å²) in [6.45, 7) is 2.33. The van der Waals surface area contributed by atoms with E-state index < -0.39 is 5.60 Å². The summed E-state index contributed by atoms with van der Waals surface area (Å²) in [5.74, 6) is -0.0922. The third kappa shape index (κ3) is 3.14. The first-order valence-electron chi connectivity index (χ1n) is 6.73. The summed E-state index contributed by atoms with van der Waals surface area (Å²) >= 11 is 0. The summed E-state index contributed by atoms with van der Waals surface area (Å²) < 4.78 is 0. The number of hydrogen-bond acceptors (Lipinski definition) is 3. The second kappa shape index (κ2) is 5.72. The molecule has 2 N–H and O–H groups in total. The first kappa shape index (κ1) is 14.0. The maximum atomic E-state index is 12.3. The lowest BCUT2D eigenvalue weighted by molar-refractivity contribution is -0.137. The highest BCUT2D eigenvalue weighted by Crippen LogP contribution is 2.27. The predicted octanol–water partition coefficient (Wildman–Crippen LogP) is 1.27. The van der Waals surface area contributed by atoms with Gasteiger partial charge in [0.25, 0.3) is 0 Å². The van der Waals surface area contributed by atoms with Crippen molar-refractivity contribution in [2.45, 2.75) is 37.8 Å². The van der Waals surface area contributed by atoms with Crippen LogP contribution in [0.4, 0.5) is 0 Å². The fourth-order valence-corrected chi connectivity index (χ4v) is 2.65. The van der Waals surface area contributed by atoms with Gasteiger partial charge in [0.15, 0.2) is 0 Å². The number of nitrogens with zero attached hydrogens (tertiary/aromatic N) is 1. The lowest BCUT2D eigenvalue weighted by Gasteiger charge is -2.29. The molecule has 1 aliphatic heterocycles. The number of benzene rings is 1. The van der Waals surface area contributed by atoms with E-state index in [2.05, 4.69) is 0 Å². The van der Waals surface area contributed by atoms with Gasteiger partial charge in [-0.1, -0.05) is 30.3 Å². The summed E-state index contributed by atoms with van der Waals surface area (Å²) in [7, 11) is 0. The van der Waals surface area contributed by atoms with Crippen LogP contribution in [-0.4, -0.2) is 40.2 Å². The Labute approximate surface area is 113 Å². The Hall–Kier alpha value is -1.39. The number of aliphatic hydroxyl groups excluding tert-OH is 1. The van der Waals surface area contributed by atoms with Crippen LogP contribution in [0.1, 0.15) is 31.7 Å². The molecule has 19 heavy (non-hydrogen) atoms. The molecule has 1 saturated heterocycles. The van der Waals surface area contributed by atoms with Crippen molar-refractivity contribution in [3.8, 4) is 0 Å². The number of carbonyl (C=O) groups excluding carboxylic acids is 1. The maximum Gasteiger partial charge on any atom is 0.226 e. The van der Waals surface area contributed by atoms with Crippen LogP contribution in [0.2, 0.25) is 0 Å². The third-order valence-corrected chi connectivity index (χ3v) is 3.80. The minimum absolute atomic E-state index is 0.000774. The normalized spacial score (nSPS) is 22.3. The Morgan fingerprint density at radius 3 is 2.74 bits per heavy atom. The smallest absolute Gasteiger partial charge is 0.226 e. The number of amides is 1. The van der Waals surface area contributed by atoms with E-state index in [0.717, 1.165) is 18.4 Å². The Balaban J connectivity index is 2.06. The van der Waals surface area contributed by atoms with Crippen LogP contribution < -0.4 is 0 Å². The summed E-state index contributed by atoms with van der Waals surface area (Å²) in [6.07, 6.45) is 1.81. The third-order valence-electron chi connectivity index (χ3n) is 3.80. The van der Waals surface area contributed by atoms with E-state index in [0.29, 0.717) is 6.54 Å². The van der Waals surface area contributed by atoms with Gasteiger partial charge >= 0.3 is 0 Å². The molecular formula is C15H21NO3. The molecule has 4 heteroatoms. The maximum absolute atomic E-state index is 12.3. The van der Waals surface area contributed by atoms with Gasteiger partial charge < -0.3 is 15.1 Å². The largest absolute Gasteiger partial charge is 0.394 e. The van der Waals surface area contributed by atoms with Gasteiger partial charge in [0.1, 0.15) is 0 Å². The van der Waals surface area contributed by atoms with Gasteiger partial charge in [0, 0.05) is 6.54 Å². The highest BCUT2D eigenvalue weighted by atomic mass is 16.3. The van der Waals surface area contributed by atoms with E-state index in [1.165, 1.54) is 0 Å². The number of likely N-dealkylation sites (tertiary alicyclic amines) is 1. The molecule has 4 nitrogen and oxygen atoms in total. The molecule has 2 rings (SSSR count). The molecule has 2 atom stereocenters. The molecule has 1 fully saturated rings. The van der Waals surface area contributed by atoms with E-state index in [1.54, 1.807) is 11.8 Å². The zero-order valence-electron chi connectivity index (χ0n) is 11.2. The van der Waals surface area contributed by atoms with Crippen LogP contribution in [-0.2, 0) is 10.4 Å². The molecule has 1 aromatic rings. The van der Waals surface area contributed by atoms with Crippen molar-refractivity contribution in [1.29, 1.82) is 0 Å². The van der Waals surface area contributed by atoms with Crippen molar-refractivity contribution in [3.05, 3.63) is 35.9 Å². The number of carbonyl (C=O) groups is 1. The predicted molar refractivity (Wildman–Crippen MR) is 72.5 cm³/mol. The molecule has 0 unspecified atom stereocenters. The minimum Gasteiger partial charge on any atom is -0.394 e. The van der Waals surface area contributed by atoms with Gasteiger partial charge in [0.05, 0.1) is 24.7 Å². The summed E-state index contributed by atoms with van der Waals surface area (Å²) in [5, 5.41) is 19.7. The molecule has 1 aliphatic rings. The van der Waals surface area contributed by atoms with Gasteiger partial charge in [-0.2, -0.15) is 0 Å². The van der Waals surface area contributed by atoms with E-state index in [9.17, 15) is 15.0 Å². The van der Waals surface area contributed by atoms with E-state index in [1.807, 2.05) is 30.3 Å². The highest BCUT2D eigenvalue weighted by Gasteiger charge is 2.33. The number of hydrogen-bond donors (Lipinski definition) is 2. The Bertz CT molecular complexity index is 430. The molecule has 0 aromatic heterocycles. The fraction of sp³-hybridized carbons (Fsp3) is 0.533. The molecule has 0 saturated carbocycles. The lowest BCUT2D eigenvalue weighted by atomic mass is 9.92. The quantitative estimate of drug-likeness (QED) is 0.860. The molecule has 1 aromatic carbocycles. The van der Waals surface area contributed by atoms with Crippen LogP contribution in [0.15, 0.2) is 30.3 Å². The van der Waals surface area contributed by atoms with Crippen molar-refractivity contribution in [2.24, 2.45) is 0 Å². The van der Waals surface area contributed by atoms with Crippen LogP contribution in [0.3, 0.4) is 0 Å². The van der Waals surface area contributed by atoms with Crippen LogP contribution in [0.5, 0.6) is 0 Å². The minimum atomic E-state index is -1.17. The molecule has 0 radical (unpaired) electrons. The van der Waals surface area contributed by atoms with Crippen LogP contribution >= 0.6 is 0 Å². The summed E-state index contributed by atoms with van der Waals surface area (Å²) in [4.78, 5) is 14.0. The van der Waals surface area contributed by atoms with Gasteiger partial charge in [-0.05, 0) is 25.3 Å². The number of aliphatic hydroxyl groups is 2. The first-order chi connectivity index (χ1) is 9.04. The number of rotatable bonds is 4. The zero-order chi connectivity index (χ0) is 13.9. The van der Waals surface area contributed by atoms with E-state index >= 15 is 0 Å². The molecule has 0 aliphatic carbocycles. The van der Waals surface area contributed by atoms with Gasteiger partial charge in [-0.25, -0.2) is 0 Å². The van der Waals surface area contributed by atoms with Crippen molar-refractivity contribution < 1.29 is 15.0 Å². The average molecular weight is 263 g/mol. The van der Waals surface area contributed by atoms with Crippen molar-refractivity contribution in [2.75, 3.05) is 13.2 Å². The van der Waals surface area contributed by atoms with Gasteiger partial charge in [0.2, 0.25) is 5.91 Å². The van der Waals surface area contributed by atoms with Crippen LogP contribution in [0.25, 0.3) is 0 Å². The molecule has 1 amide bonds. The standard InChI is InChI=1S/C15H21NO3/c1-15(19,12-6-3-2-4-7-12)10-14(18)16-9-5-8-13(16)11-17/h2-4,6-7,13,17,19H,5,8-11H2,1H3/t13-,15+/m0/s1.